The third-order valence-corrected chi connectivity index (χ3v) is 3.47. The lowest BCUT2D eigenvalue weighted by molar-refractivity contribution is 0.480. The number of aryl methyl sites for hydroxylation is 1. The van der Waals surface area contributed by atoms with Crippen molar-refractivity contribution in [3.05, 3.63) is 30.5 Å². The highest BCUT2D eigenvalue weighted by Crippen LogP contribution is 2.17. The molecule has 1 heterocycles. The van der Waals surface area contributed by atoms with Crippen molar-refractivity contribution in [1.29, 1.82) is 0 Å². The molecule has 0 amide bonds. The standard InChI is InChI=1S/C9H10N2.C8H18/c1-11-5-4-7-6-8(10)2-3-9(7)11;1-4-6-8(3)7-5-2/h2-6H,10H2,1H3;8H,4-7H2,1-3H3. The number of nitrogen functional groups attached to an aromatic ring is 1. The van der Waals surface area contributed by atoms with Gasteiger partial charge in [0.15, 0.2) is 0 Å². The van der Waals surface area contributed by atoms with E-state index in [2.05, 4.69) is 31.4 Å². The lowest BCUT2D eigenvalue weighted by atomic mass is 10.0. The summed E-state index contributed by atoms with van der Waals surface area (Å²) in [5.74, 6) is 0.963. The van der Waals surface area contributed by atoms with E-state index in [0.717, 1.165) is 11.6 Å². The molecule has 0 unspecified atom stereocenters. The number of aromatic nitrogens is 1. The fourth-order valence-corrected chi connectivity index (χ4v) is 2.43. The van der Waals surface area contributed by atoms with Gasteiger partial charge in [0, 0.05) is 29.8 Å². The van der Waals surface area contributed by atoms with Gasteiger partial charge in [0.1, 0.15) is 0 Å². The number of benzene rings is 1. The summed E-state index contributed by atoms with van der Waals surface area (Å²) in [6.07, 6.45) is 7.55. The smallest absolute Gasteiger partial charge is 0.0479 e. The van der Waals surface area contributed by atoms with Crippen molar-refractivity contribution in [3.63, 3.8) is 0 Å². The van der Waals surface area contributed by atoms with Crippen LogP contribution in [0.4, 0.5) is 5.69 Å². The first kappa shape index (κ1) is 15.6. The van der Waals surface area contributed by atoms with E-state index in [-0.39, 0.29) is 0 Å². The maximum absolute atomic E-state index is 5.62. The molecule has 19 heavy (non-hydrogen) atoms. The quantitative estimate of drug-likeness (QED) is 0.772. The monoisotopic (exact) mass is 260 g/mol. The van der Waals surface area contributed by atoms with Gasteiger partial charge in [-0.1, -0.05) is 46.5 Å². The van der Waals surface area contributed by atoms with Crippen LogP contribution in [0.15, 0.2) is 30.5 Å². The molecule has 0 saturated heterocycles. The molecule has 0 aliphatic carbocycles. The molecule has 0 fully saturated rings. The van der Waals surface area contributed by atoms with Crippen LogP contribution >= 0.6 is 0 Å². The summed E-state index contributed by atoms with van der Waals surface area (Å²) in [6.45, 7) is 6.85. The van der Waals surface area contributed by atoms with Gasteiger partial charge in [-0.25, -0.2) is 0 Å². The minimum Gasteiger partial charge on any atom is -0.399 e. The van der Waals surface area contributed by atoms with E-state index in [1.165, 1.54) is 36.6 Å². The number of rotatable bonds is 4. The zero-order valence-corrected chi connectivity index (χ0v) is 12.8. The molecule has 2 nitrogen and oxygen atoms in total. The number of anilines is 1. The third-order valence-electron chi connectivity index (χ3n) is 3.47. The zero-order valence-electron chi connectivity index (χ0n) is 12.8. The van der Waals surface area contributed by atoms with E-state index in [1.807, 2.05) is 31.4 Å². The first-order valence-corrected chi connectivity index (χ1v) is 7.39. The number of nitrogens with zero attached hydrogens (tertiary/aromatic N) is 1. The second kappa shape index (κ2) is 7.88. The van der Waals surface area contributed by atoms with Crippen LogP contribution in [0.1, 0.15) is 46.5 Å². The van der Waals surface area contributed by atoms with Gasteiger partial charge < -0.3 is 10.3 Å². The topological polar surface area (TPSA) is 30.9 Å². The van der Waals surface area contributed by atoms with Crippen molar-refractivity contribution < 1.29 is 0 Å². The van der Waals surface area contributed by atoms with Gasteiger partial charge in [-0.3, -0.25) is 0 Å². The predicted octanol–water partition coefficient (Wildman–Crippen LogP) is 4.98. The summed E-state index contributed by atoms with van der Waals surface area (Å²) >= 11 is 0. The molecular weight excluding hydrogens is 232 g/mol. The lowest BCUT2D eigenvalue weighted by Gasteiger charge is -2.05. The molecule has 0 atom stereocenters. The number of hydrogen-bond donors (Lipinski definition) is 1. The van der Waals surface area contributed by atoms with E-state index in [1.54, 1.807) is 0 Å². The Bertz CT molecular complexity index is 479. The van der Waals surface area contributed by atoms with Crippen LogP contribution in [-0.2, 0) is 7.05 Å². The molecule has 0 aliphatic heterocycles. The first-order valence-electron chi connectivity index (χ1n) is 7.39. The van der Waals surface area contributed by atoms with Gasteiger partial charge in [0.2, 0.25) is 0 Å². The average molecular weight is 260 g/mol. The Kier molecular flexibility index (Phi) is 6.48. The molecule has 2 aromatic rings. The molecule has 1 aromatic heterocycles. The van der Waals surface area contributed by atoms with Crippen LogP contribution in [0, 0.1) is 5.92 Å². The zero-order chi connectivity index (χ0) is 14.3. The molecule has 0 bridgehead atoms. The van der Waals surface area contributed by atoms with Crippen LogP contribution in [0.5, 0.6) is 0 Å². The SMILES string of the molecule is CCCC(C)CCC.Cn1ccc2cc(N)ccc21. The van der Waals surface area contributed by atoms with E-state index < -0.39 is 0 Å². The molecule has 106 valence electrons. The van der Waals surface area contributed by atoms with Crippen LogP contribution in [0.2, 0.25) is 0 Å². The number of nitrogens with two attached hydrogens (primary N) is 1. The molecule has 2 N–H and O–H groups in total. The Morgan fingerprint density at radius 3 is 2.32 bits per heavy atom. The van der Waals surface area contributed by atoms with Crippen molar-refractivity contribution >= 4 is 16.6 Å². The minimum absolute atomic E-state index is 0.823. The van der Waals surface area contributed by atoms with E-state index in [0.29, 0.717) is 0 Å². The second-order valence-corrected chi connectivity index (χ2v) is 5.43. The highest BCUT2D eigenvalue weighted by Gasteiger charge is 1.96. The highest BCUT2D eigenvalue weighted by atomic mass is 14.9. The Morgan fingerprint density at radius 2 is 1.74 bits per heavy atom. The van der Waals surface area contributed by atoms with Crippen molar-refractivity contribution in [1.82, 2.24) is 4.57 Å². The summed E-state index contributed by atoms with van der Waals surface area (Å²) in [7, 11) is 2.03. The summed E-state index contributed by atoms with van der Waals surface area (Å²) < 4.78 is 2.08. The van der Waals surface area contributed by atoms with Crippen molar-refractivity contribution in [2.75, 3.05) is 5.73 Å². The fraction of sp³-hybridized carbons (Fsp3) is 0.529. The fourth-order valence-electron chi connectivity index (χ4n) is 2.43. The van der Waals surface area contributed by atoms with E-state index in [4.69, 9.17) is 5.73 Å². The van der Waals surface area contributed by atoms with Gasteiger partial charge in [-0.05, 0) is 30.2 Å². The normalized spacial score (nSPS) is 10.6. The second-order valence-electron chi connectivity index (χ2n) is 5.43. The average Bonchev–Trinajstić information content (AvgIpc) is 2.72. The predicted molar refractivity (Wildman–Crippen MR) is 86.3 cm³/mol. The molecule has 0 saturated carbocycles. The summed E-state index contributed by atoms with van der Waals surface area (Å²) in [6, 6.07) is 7.99. The van der Waals surface area contributed by atoms with Crippen LogP contribution in [0.25, 0.3) is 10.9 Å². The lowest BCUT2D eigenvalue weighted by Crippen LogP contribution is -1.91. The van der Waals surface area contributed by atoms with Crippen LogP contribution in [-0.4, -0.2) is 4.57 Å². The summed E-state index contributed by atoms with van der Waals surface area (Å²) in [4.78, 5) is 0. The maximum atomic E-state index is 5.62. The van der Waals surface area contributed by atoms with Gasteiger partial charge in [-0.2, -0.15) is 0 Å². The molecule has 2 rings (SSSR count). The largest absolute Gasteiger partial charge is 0.399 e. The Labute approximate surface area is 117 Å². The maximum Gasteiger partial charge on any atom is 0.0479 e. The van der Waals surface area contributed by atoms with E-state index in [9.17, 15) is 0 Å². The highest BCUT2D eigenvalue weighted by molar-refractivity contribution is 5.83. The van der Waals surface area contributed by atoms with Crippen molar-refractivity contribution in [3.8, 4) is 0 Å². The molecule has 0 aliphatic rings. The number of hydrogen-bond acceptors (Lipinski definition) is 1. The number of fused-ring (bicyclic) bond motifs is 1. The van der Waals surface area contributed by atoms with E-state index >= 15 is 0 Å². The van der Waals surface area contributed by atoms with Gasteiger partial charge in [-0.15, -0.1) is 0 Å². The molecular formula is C17H28N2. The van der Waals surface area contributed by atoms with Gasteiger partial charge in [0.05, 0.1) is 0 Å². The van der Waals surface area contributed by atoms with Gasteiger partial charge >= 0.3 is 0 Å². The summed E-state index contributed by atoms with van der Waals surface area (Å²) in [5, 5.41) is 1.20. The Morgan fingerprint density at radius 1 is 1.11 bits per heavy atom. The molecule has 1 aromatic carbocycles. The first-order chi connectivity index (χ1) is 9.08. The molecule has 2 heteroatoms. The third kappa shape index (κ3) is 4.98. The Balaban J connectivity index is 0.000000203. The Hall–Kier alpha value is -1.44. The van der Waals surface area contributed by atoms with Crippen LogP contribution < -0.4 is 5.73 Å². The molecule has 0 spiro atoms. The van der Waals surface area contributed by atoms with Crippen molar-refractivity contribution in [2.45, 2.75) is 46.5 Å². The minimum atomic E-state index is 0.823. The summed E-state index contributed by atoms with van der Waals surface area (Å²) in [5.41, 5.74) is 7.67. The van der Waals surface area contributed by atoms with Crippen LogP contribution in [0.3, 0.4) is 0 Å². The molecule has 0 radical (unpaired) electrons. The van der Waals surface area contributed by atoms with Crippen molar-refractivity contribution in [2.24, 2.45) is 13.0 Å². The van der Waals surface area contributed by atoms with Gasteiger partial charge in [0.25, 0.3) is 0 Å².